The van der Waals surface area contributed by atoms with Crippen LogP contribution in [-0.4, -0.2) is 12.5 Å². The fraction of sp³-hybridized carbons (Fsp3) is 0.100. The van der Waals surface area contributed by atoms with Gasteiger partial charge in [-0.2, -0.15) is 0 Å². The largest absolute Gasteiger partial charge is 0.347 e. The van der Waals surface area contributed by atoms with E-state index in [0.717, 1.165) is 0 Å². The van der Waals surface area contributed by atoms with E-state index in [-0.39, 0.29) is 5.91 Å². The van der Waals surface area contributed by atoms with Crippen LogP contribution in [0.4, 0.5) is 0 Å². The molecule has 0 radical (unpaired) electrons. The van der Waals surface area contributed by atoms with Crippen molar-refractivity contribution >= 4 is 45.0 Å². The Morgan fingerprint density at radius 2 is 2.13 bits per heavy atom. The molecular formula is C10H8BrCl2NO. The van der Waals surface area contributed by atoms with Crippen LogP contribution in [0.2, 0.25) is 10.0 Å². The van der Waals surface area contributed by atoms with E-state index in [1.54, 1.807) is 12.1 Å². The molecule has 2 nitrogen and oxygen atoms in total. The van der Waals surface area contributed by atoms with Gasteiger partial charge in [0.2, 0.25) is 0 Å². The number of rotatable bonds is 3. The molecule has 1 aromatic carbocycles. The van der Waals surface area contributed by atoms with Gasteiger partial charge in [0.15, 0.2) is 0 Å². The van der Waals surface area contributed by atoms with Gasteiger partial charge in [0.05, 0.1) is 10.6 Å². The van der Waals surface area contributed by atoms with E-state index in [1.165, 1.54) is 6.07 Å². The molecule has 0 saturated heterocycles. The van der Waals surface area contributed by atoms with Crippen LogP contribution >= 0.6 is 39.1 Å². The van der Waals surface area contributed by atoms with E-state index >= 15 is 0 Å². The molecule has 0 unspecified atom stereocenters. The minimum Gasteiger partial charge on any atom is -0.347 e. The van der Waals surface area contributed by atoms with Gasteiger partial charge in [-0.15, -0.1) is 0 Å². The summed E-state index contributed by atoms with van der Waals surface area (Å²) >= 11 is 14.7. The Bertz CT molecular complexity index is 406. The minimum atomic E-state index is -0.253. The third kappa shape index (κ3) is 3.86. The monoisotopic (exact) mass is 307 g/mol. The molecule has 0 spiro atoms. The first-order valence-electron chi connectivity index (χ1n) is 4.07. The molecule has 0 aromatic heterocycles. The summed E-state index contributed by atoms with van der Waals surface area (Å²) in [4.78, 5) is 11.6. The normalized spacial score (nSPS) is 9.80. The van der Waals surface area contributed by atoms with Gasteiger partial charge >= 0.3 is 0 Å². The average molecular weight is 309 g/mol. The zero-order valence-corrected chi connectivity index (χ0v) is 10.8. The quantitative estimate of drug-likeness (QED) is 0.907. The van der Waals surface area contributed by atoms with Gasteiger partial charge in [-0.1, -0.05) is 45.7 Å². The van der Waals surface area contributed by atoms with Gasteiger partial charge in [0.25, 0.3) is 5.91 Å². The maximum Gasteiger partial charge on any atom is 0.253 e. The van der Waals surface area contributed by atoms with Crippen molar-refractivity contribution in [3.63, 3.8) is 0 Å². The van der Waals surface area contributed by atoms with E-state index < -0.39 is 0 Å². The molecule has 1 aromatic rings. The number of benzene rings is 1. The second kappa shape index (κ2) is 5.54. The van der Waals surface area contributed by atoms with Crippen molar-refractivity contribution in [1.29, 1.82) is 0 Å². The predicted molar refractivity (Wildman–Crippen MR) is 66.9 cm³/mol. The second-order valence-electron chi connectivity index (χ2n) is 2.82. The Morgan fingerprint density at radius 1 is 1.47 bits per heavy atom. The molecule has 80 valence electrons. The molecular weight excluding hydrogens is 301 g/mol. The molecule has 15 heavy (non-hydrogen) atoms. The summed E-state index contributed by atoms with van der Waals surface area (Å²) in [7, 11) is 0. The van der Waals surface area contributed by atoms with E-state index in [0.29, 0.717) is 26.6 Å². The van der Waals surface area contributed by atoms with Crippen LogP contribution in [0, 0.1) is 0 Å². The summed E-state index contributed by atoms with van der Waals surface area (Å²) in [5, 5.41) is 3.48. The molecule has 0 aliphatic rings. The molecule has 1 rings (SSSR count). The zero-order valence-electron chi connectivity index (χ0n) is 7.69. The smallest absolute Gasteiger partial charge is 0.253 e. The van der Waals surface area contributed by atoms with Crippen LogP contribution < -0.4 is 5.32 Å². The summed E-state index contributed by atoms with van der Waals surface area (Å²) in [5.74, 6) is -0.253. The molecule has 1 amide bonds. The number of nitrogens with one attached hydrogen (secondary N) is 1. The summed E-state index contributed by atoms with van der Waals surface area (Å²) in [6.07, 6.45) is 0. The maximum absolute atomic E-state index is 11.6. The van der Waals surface area contributed by atoms with Crippen molar-refractivity contribution in [2.75, 3.05) is 6.54 Å². The molecule has 0 fully saturated rings. The number of hydrogen-bond acceptors (Lipinski definition) is 1. The summed E-state index contributed by atoms with van der Waals surface area (Å²) < 4.78 is 0.695. The van der Waals surface area contributed by atoms with Crippen molar-refractivity contribution in [2.45, 2.75) is 0 Å². The van der Waals surface area contributed by atoms with Gasteiger partial charge in [-0.05, 0) is 18.2 Å². The van der Waals surface area contributed by atoms with Crippen LogP contribution in [0.15, 0.2) is 29.3 Å². The van der Waals surface area contributed by atoms with Gasteiger partial charge in [0, 0.05) is 16.0 Å². The van der Waals surface area contributed by atoms with Gasteiger partial charge in [-0.25, -0.2) is 0 Å². The van der Waals surface area contributed by atoms with Crippen molar-refractivity contribution in [1.82, 2.24) is 5.32 Å². The number of hydrogen-bond donors (Lipinski definition) is 1. The molecule has 0 bridgehead atoms. The highest BCUT2D eigenvalue weighted by Crippen LogP contribution is 2.20. The van der Waals surface area contributed by atoms with Crippen molar-refractivity contribution in [2.24, 2.45) is 0 Å². The van der Waals surface area contributed by atoms with Crippen LogP contribution in [0.5, 0.6) is 0 Å². The topological polar surface area (TPSA) is 29.1 Å². The zero-order chi connectivity index (χ0) is 11.4. The molecule has 1 N–H and O–H groups in total. The van der Waals surface area contributed by atoms with E-state index in [4.69, 9.17) is 23.2 Å². The minimum absolute atomic E-state index is 0.253. The predicted octanol–water partition coefficient (Wildman–Crippen LogP) is 3.63. The maximum atomic E-state index is 11.6. The van der Waals surface area contributed by atoms with Crippen LogP contribution in [0.25, 0.3) is 0 Å². The molecule has 0 aliphatic heterocycles. The fourth-order valence-electron chi connectivity index (χ4n) is 0.945. The fourth-order valence-corrected chi connectivity index (χ4v) is 1.58. The summed E-state index contributed by atoms with van der Waals surface area (Å²) in [6.45, 7) is 3.96. The average Bonchev–Trinajstić information content (AvgIpc) is 2.14. The first kappa shape index (κ1) is 12.6. The molecule has 0 heterocycles. The Hall–Kier alpha value is -0.510. The lowest BCUT2D eigenvalue weighted by molar-refractivity contribution is 0.0958. The third-order valence-electron chi connectivity index (χ3n) is 1.62. The Labute approximate surface area is 106 Å². The van der Waals surface area contributed by atoms with Gasteiger partial charge in [-0.3, -0.25) is 4.79 Å². The molecule has 0 saturated carbocycles. The van der Waals surface area contributed by atoms with Crippen LogP contribution in [0.3, 0.4) is 0 Å². The Balaban J connectivity index is 2.78. The van der Waals surface area contributed by atoms with Crippen molar-refractivity contribution in [3.05, 3.63) is 44.9 Å². The van der Waals surface area contributed by atoms with E-state index in [1.807, 2.05) is 0 Å². The number of amides is 1. The van der Waals surface area contributed by atoms with Crippen LogP contribution in [-0.2, 0) is 0 Å². The third-order valence-corrected chi connectivity index (χ3v) is 2.44. The number of carbonyl (C=O) groups excluding carboxylic acids is 1. The highest BCUT2D eigenvalue weighted by Gasteiger charge is 2.09. The number of carbonyl (C=O) groups is 1. The Morgan fingerprint density at radius 3 is 2.67 bits per heavy atom. The van der Waals surface area contributed by atoms with E-state index in [9.17, 15) is 4.79 Å². The van der Waals surface area contributed by atoms with E-state index in [2.05, 4.69) is 27.8 Å². The van der Waals surface area contributed by atoms with Crippen molar-refractivity contribution in [3.8, 4) is 0 Å². The SMILES string of the molecule is C=C(Br)CNC(=O)c1ccc(Cl)cc1Cl. The van der Waals surface area contributed by atoms with Gasteiger partial charge in [0.1, 0.15) is 0 Å². The first-order chi connectivity index (χ1) is 7.00. The summed E-state index contributed by atoms with van der Waals surface area (Å²) in [5.41, 5.74) is 0.398. The highest BCUT2D eigenvalue weighted by molar-refractivity contribution is 9.11. The first-order valence-corrected chi connectivity index (χ1v) is 5.62. The number of halogens is 3. The standard InChI is InChI=1S/C10H8BrCl2NO/c1-6(11)5-14-10(15)8-3-2-7(12)4-9(8)13/h2-4H,1,5H2,(H,14,15). The molecule has 0 aliphatic carbocycles. The van der Waals surface area contributed by atoms with Crippen molar-refractivity contribution < 1.29 is 4.79 Å². The summed E-state index contributed by atoms with van der Waals surface area (Å²) in [6, 6.07) is 4.73. The lowest BCUT2D eigenvalue weighted by atomic mass is 10.2. The second-order valence-corrected chi connectivity index (χ2v) is 4.79. The lowest BCUT2D eigenvalue weighted by Crippen LogP contribution is -2.24. The highest BCUT2D eigenvalue weighted by atomic mass is 79.9. The lowest BCUT2D eigenvalue weighted by Gasteiger charge is -2.05. The van der Waals surface area contributed by atoms with Gasteiger partial charge < -0.3 is 5.32 Å². The molecule has 0 atom stereocenters. The van der Waals surface area contributed by atoms with Crippen LogP contribution in [0.1, 0.15) is 10.4 Å². The molecule has 5 heteroatoms. The Kier molecular flexibility index (Phi) is 4.64.